The molecule has 1 saturated heterocycles. The molecule has 0 aliphatic carbocycles. The van der Waals surface area contributed by atoms with Crippen LogP contribution in [-0.2, 0) is 6.42 Å². The maximum absolute atomic E-state index is 5.30. The third kappa shape index (κ3) is 3.13. The SMILES string of the molecule is COc1ccc(-n2nc(C3CCCCN3C)c3c2NCCCC3)cc1. The first-order chi connectivity index (χ1) is 12.3. The van der Waals surface area contributed by atoms with Crippen LogP contribution in [0.1, 0.15) is 49.4 Å². The van der Waals surface area contributed by atoms with E-state index in [1.54, 1.807) is 7.11 Å². The van der Waals surface area contributed by atoms with E-state index in [2.05, 4.69) is 34.1 Å². The number of rotatable bonds is 3. The second kappa shape index (κ2) is 7.08. The summed E-state index contributed by atoms with van der Waals surface area (Å²) in [6.45, 7) is 2.19. The summed E-state index contributed by atoms with van der Waals surface area (Å²) >= 11 is 0. The molecule has 1 N–H and O–H groups in total. The van der Waals surface area contributed by atoms with Crippen molar-refractivity contribution in [3.63, 3.8) is 0 Å². The number of fused-ring (bicyclic) bond motifs is 1. The van der Waals surface area contributed by atoms with Gasteiger partial charge in [-0.1, -0.05) is 6.42 Å². The lowest BCUT2D eigenvalue weighted by Crippen LogP contribution is -2.30. The summed E-state index contributed by atoms with van der Waals surface area (Å²) in [5.74, 6) is 2.07. The van der Waals surface area contributed by atoms with E-state index < -0.39 is 0 Å². The van der Waals surface area contributed by atoms with Crippen LogP contribution in [-0.4, -0.2) is 41.9 Å². The first kappa shape index (κ1) is 16.5. The molecule has 134 valence electrons. The van der Waals surface area contributed by atoms with Crippen molar-refractivity contribution in [2.75, 3.05) is 32.6 Å². The summed E-state index contributed by atoms with van der Waals surface area (Å²) in [6, 6.07) is 8.64. The molecule has 25 heavy (non-hydrogen) atoms. The highest BCUT2D eigenvalue weighted by molar-refractivity contribution is 5.55. The number of anilines is 1. The second-order valence-corrected chi connectivity index (χ2v) is 7.20. The molecule has 5 heteroatoms. The minimum absolute atomic E-state index is 0.446. The number of hydrogen-bond acceptors (Lipinski definition) is 4. The van der Waals surface area contributed by atoms with Crippen LogP contribution >= 0.6 is 0 Å². The van der Waals surface area contributed by atoms with E-state index in [-0.39, 0.29) is 0 Å². The molecule has 1 fully saturated rings. The van der Waals surface area contributed by atoms with E-state index >= 15 is 0 Å². The highest BCUT2D eigenvalue weighted by Gasteiger charge is 2.29. The molecule has 0 radical (unpaired) electrons. The Hall–Kier alpha value is -2.01. The smallest absolute Gasteiger partial charge is 0.133 e. The highest BCUT2D eigenvalue weighted by Crippen LogP contribution is 2.37. The van der Waals surface area contributed by atoms with Crippen molar-refractivity contribution in [2.24, 2.45) is 0 Å². The molecule has 2 aliphatic heterocycles. The van der Waals surface area contributed by atoms with Gasteiger partial charge >= 0.3 is 0 Å². The van der Waals surface area contributed by atoms with Crippen molar-refractivity contribution in [2.45, 2.75) is 44.6 Å². The summed E-state index contributed by atoms with van der Waals surface area (Å²) in [5, 5.41) is 8.75. The number of likely N-dealkylation sites (tertiary alicyclic amines) is 1. The largest absolute Gasteiger partial charge is 0.497 e. The van der Waals surface area contributed by atoms with Crippen molar-refractivity contribution in [3.8, 4) is 11.4 Å². The van der Waals surface area contributed by atoms with Crippen LogP contribution in [0.2, 0.25) is 0 Å². The number of nitrogens with one attached hydrogen (secondary N) is 1. The molecule has 5 nitrogen and oxygen atoms in total. The Balaban J connectivity index is 1.78. The van der Waals surface area contributed by atoms with Gasteiger partial charge in [-0.15, -0.1) is 0 Å². The zero-order chi connectivity index (χ0) is 17.2. The van der Waals surface area contributed by atoms with Crippen LogP contribution in [0.5, 0.6) is 5.75 Å². The van der Waals surface area contributed by atoms with Crippen molar-refractivity contribution in [3.05, 3.63) is 35.5 Å². The summed E-state index contributed by atoms with van der Waals surface area (Å²) in [7, 11) is 3.94. The molecule has 1 aromatic carbocycles. The lowest BCUT2D eigenvalue weighted by Gasteiger charge is -2.31. The van der Waals surface area contributed by atoms with Crippen LogP contribution in [0, 0.1) is 0 Å². The number of piperidine rings is 1. The van der Waals surface area contributed by atoms with Gasteiger partial charge in [0.05, 0.1) is 24.5 Å². The molecule has 1 atom stereocenters. The maximum atomic E-state index is 5.30. The maximum Gasteiger partial charge on any atom is 0.133 e. The topological polar surface area (TPSA) is 42.3 Å². The third-order valence-electron chi connectivity index (χ3n) is 5.56. The number of nitrogens with zero attached hydrogens (tertiary/aromatic N) is 3. The van der Waals surface area contributed by atoms with Crippen molar-refractivity contribution >= 4 is 5.82 Å². The van der Waals surface area contributed by atoms with E-state index in [1.807, 2.05) is 12.1 Å². The molecule has 1 unspecified atom stereocenters. The van der Waals surface area contributed by atoms with Gasteiger partial charge in [0.1, 0.15) is 11.6 Å². The number of benzene rings is 1. The first-order valence-electron chi connectivity index (χ1n) is 9.48. The third-order valence-corrected chi connectivity index (χ3v) is 5.56. The van der Waals surface area contributed by atoms with Gasteiger partial charge < -0.3 is 10.1 Å². The number of aromatic nitrogens is 2. The minimum Gasteiger partial charge on any atom is -0.497 e. The summed E-state index contributed by atoms with van der Waals surface area (Å²) in [4.78, 5) is 2.48. The average molecular weight is 340 g/mol. The van der Waals surface area contributed by atoms with E-state index in [0.29, 0.717) is 6.04 Å². The molecule has 1 aromatic heterocycles. The lowest BCUT2D eigenvalue weighted by atomic mass is 9.96. The predicted octanol–water partition coefficient (Wildman–Crippen LogP) is 3.79. The van der Waals surface area contributed by atoms with Gasteiger partial charge in [-0.25, -0.2) is 4.68 Å². The normalized spacial score (nSPS) is 21.3. The van der Waals surface area contributed by atoms with Crippen molar-refractivity contribution < 1.29 is 4.74 Å². The molecule has 0 bridgehead atoms. The Labute approximate surface area is 150 Å². The predicted molar refractivity (Wildman–Crippen MR) is 101 cm³/mol. The molecular formula is C20H28N4O. The van der Waals surface area contributed by atoms with Gasteiger partial charge in [-0.05, 0) is 70.0 Å². The van der Waals surface area contributed by atoms with Crippen molar-refractivity contribution in [1.29, 1.82) is 0 Å². The monoisotopic (exact) mass is 340 g/mol. The summed E-state index contributed by atoms with van der Waals surface area (Å²) in [6.07, 6.45) is 7.38. The molecule has 0 amide bonds. The quantitative estimate of drug-likeness (QED) is 0.923. The van der Waals surface area contributed by atoms with Gasteiger partial charge in [0.15, 0.2) is 0 Å². The summed E-state index contributed by atoms with van der Waals surface area (Å²) < 4.78 is 7.41. The van der Waals surface area contributed by atoms with E-state index in [0.717, 1.165) is 24.4 Å². The van der Waals surface area contributed by atoms with Crippen LogP contribution < -0.4 is 10.1 Å². The molecule has 0 spiro atoms. The second-order valence-electron chi connectivity index (χ2n) is 7.20. The first-order valence-corrected chi connectivity index (χ1v) is 9.48. The number of methoxy groups -OCH3 is 1. The molecular weight excluding hydrogens is 312 g/mol. The molecule has 2 aromatic rings. The Bertz CT molecular complexity index is 722. The fraction of sp³-hybridized carbons (Fsp3) is 0.550. The average Bonchev–Trinajstić information content (AvgIpc) is 2.83. The molecule has 4 rings (SSSR count). The van der Waals surface area contributed by atoms with Crippen molar-refractivity contribution in [1.82, 2.24) is 14.7 Å². The van der Waals surface area contributed by atoms with E-state index in [4.69, 9.17) is 9.84 Å². The van der Waals surface area contributed by atoms with Gasteiger partial charge in [0, 0.05) is 12.1 Å². The molecule has 0 saturated carbocycles. The lowest BCUT2D eigenvalue weighted by molar-refractivity contribution is 0.182. The van der Waals surface area contributed by atoms with Crippen LogP contribution in [0.4, 0.5) is 5.82 Å². The number of hydrogen-bond donors (Lipinski definition) is 1. The molecule has 2 aliphatic rings. The van der Waals surface area contributed by atoms with Crippen LogP contribution in [0.25, 0.3) is 5.69 Å². The van der Waals surface area contributed by atoms with Gasteiger partial charge in [-0.3, -0.25) is 4.90 Å². The fourth-order valence-corrected chi connectivity index (χ4v) is 4.13. The zero-order valence-corrected chi connectivity index (χ0v) is 15.3. The Kier molecular flexibility index (Phi) is 4.66. The minimum atomic E-state index is 0.446. The van der Waals surface area contributed by atoms with Gasteiger partial charge in [0.2, 0.25) is 0 Å². The summed E-state index contributed by atoms with van der Waals surface area (Å²) in [5.41, 5.74) is 3.80. The van der Waals surface area contributed by atoms with Gasteiger partial charge in [-0.2, -0.15) is 5.10 Å². The molecule has 3 heterocycles. The van der Waals surface area contributed by atoms with E-state index in [1.165, 1.54) is 55.7 Å². The van der Waals surface area contributed by atoms with Crippen LogP contribution in [0.3, 0.4) is 0 Å². The van der Waals surface area contributed by atoms with Crippen LogP contribution in [0.15, 0.2) is 24.3 Å². The zero-order valence-electron chi connectivity index (χ0n) is 15.3. The Morgan fingerprint density at radius 1 is 1.12 bits per heavy atom. The Morgan fingerprint density at radius 3 is 2.72 bits per heavy atom. The number of ether oxygens (including phenoxy) is 1. The fourth-order valence-electron chi connectivity index (χ4n) is 4.13. The van der Waals surface area contributed by atoms with E-state index in [9.17, 15) is 0 Å². The van der Waals surface area contributed by atoms with Gasteiger partial charge in [0.25, 0.3) is 0 Å². The highest BCUT2D eigenvalue weighted by atomic mass is 16.5. The Morgan fingerprint density at radius 2 is 1.96 bits per heavy atom. The standard InChI is InChI=1S/C20H28N4O/c1-23-14-6-4-8-18(23)19-17-7-3-5-13-21-20(17)24(22-19)15-9-11-16(25-2)12-10-15/h9-12,18,21H,3-8,13-14H2,1-2H3.